The van der Waals surface area contributed by atoms with Gasteiger partial charge in [-0.05, 0) is 24.1 Å². The summed E-state index contributed by atoms with van der Waals surface area (Å²) in [5.41, 5.74) is 1.80. The summed E-state index contributed by atoms with van der Waals surface area (Å²) in [6, 6.07) is 7.00. The average Bonchev–Trinajstić information content (AvgIpc) is 2.82. The van der Waals surface area contributed by atoms with Crippen molar-refractivity contribution < 1.29 is 19.4 Å². The topological polar surface area (TPSA) is 81.5 Å². The van der Waals surface area contributed by atoms with Gasteiger partial charge in [-0.15, -0.1) is 5.10 Å². The van der Waals surface area contributed by atoms with Crippen molar-refractivity contribution in [2.24, 2.45) is 0 Å². The second kappa shape index (κ2) is 4.80. The molecule has 1 N–H and O–H groups in total. The number of aromatic nitrogens is 2. The second-order valence-electron chi connectivity index (χ2n) is 4.59. The molecule has 20 heavy (non-hydrogen) atoms. The molecule has 1 aliphatic rings. The Morgan fingerprint density at radius 2 is 2.30 bits per heavy atom. The van der Waals surface area contributed by atoms with Gasteiger partial charge in [0.2, 0.25) is 5.88 Å². The first kappa shape index (κ1) is 12.4. The van der Waals surface area contributed by atoms with Crippen LogP contribution in [0.15, 0.2) is 30.5 Å². The van der Waals surface area contributed by atoms with Crippen LogP contribution < -0.4 is 9.47 Å². The Kier molecular flexibility index (Phi) is 2.98. The van der Waals surface area contributed by atoms with Crippen molar-refractivity contribution >= 4 is 5.97 Å². The summed E-state index contributed by atoms with van der Waals surface area (Å²) in [5.74, 6) is 0.496. The van der Waals surface area contributed by atoms with Crippen LogP contribution in [0.4, 0.5) is 0 Å². The first-order valence-corrected chi connectivity index (χ1v) is 6.11. The van der Waals surface area contributed by atoms with Gasteiger partial charge in [-0.1, -0.05) is 6.07 Å². The molecule has 0 aliphatic carbocycles. The number of ether oxygens (including phenoxy) is 2. The van der Waals surface area contributed by atoms with Crippen LogP contribution in [0.25, 0.3) is 0 Å². The number of aliphatic carboxylic acids is 1. The quantitative estimate of drug-likeness (QED) is 0.919. The fourth-order valence-corrected chi connectivity index (χ4v) is 2.02. The molecule has 3 rings (SSSR count). The van der Waals surface area contributed by atoms with Crippen LogP contribution in [0.5, 0.6) is 17.4 Å². The van der Waals surface area contributed by atoms with Crippen LogP contribution in [0.3, 0.4) is 0 Å². The number of carboxylic acids is 1. The fraction of sp³-hybridized carbons (Fsp3) is 0.214. The zero-order valence-corrected chi connectivity index (χ0v) is 10.7. The summed E-state index contributed by atoms with van der Waals surface area (Å²) in [6.07, 6.45) is 1.18. The summed E-state index contributed by atoms with van der Waals surface area (Å²) in [6.45, 7) is 1.89. The van der Waals surface area contributed by atoms with Crippen molar-refractivity contribution in [3.8, 4) is 17.4 Å². The Morgan fingerprint density at radius 1 is 1.45 bits per heavy atom. The SMILES string of the molecule is Cc1cnnc(Oc2ccc3c(c2)OC(C(=O)O)C3)c1. The van der Waals surface area contributed by atoms with Crippen molar-refractivity contribution in [3.63, 3.8) is 0 Å². The first-order chi connectivity index (χ1) is 9.61. The third-order valence-electron chi connectivity index (χ3n) is 2.98. The Morgan fingerprint density at radius 3 is 3.05 bits per heavy atom. The second-order valence-corrected chi connectivity index (χ2v) is 4.59. The highest BCUT2D eigenvalue weighted by Gasteiger charge is 2.29. The molecule has 0 radical (unpaired) electrons. The number of fused-ring (bicyclic) bond motifs is 1. The highest BCUT2D eigenvalue weighted by Crippen LogP contribution is 2.33. The fourth-order valence-electron chi connectivity index (χ4n) is 2.02. The van der Waals surface area contributed by atoms with Crippen LogP contribution in [-0.2, 0) is 11.2 Å². The lowest BCUT2D eigenvalue weighted by molar-refractivity contribution is -0.144. The summed E-state index contributed by atoms with van der Waals surface area (Å²) in [7, 11) is 0. The van der Waals surface area contributed by atoms with E-state index in [4.69, 9.17) is 14.6 Å². The monoisotopic (exact) mass is 272 g/mol. The van der Waals surface area contributed by atoms with Gasteiger partial charge in [0.05, 0.1) is 6.20 Å². The van der Waals surface area contributed by atoms with Crippen molar-refractivity contribution in [3.05, 3.63) is 41.6 Å². The predicted octanol–water partition coefficient (Wildman–Crippen LogP) is 1.97. The third-order valence-corrected chi connectivity index (χ3v) is 2.98. The lowest BCUT2D eigenvalue weighted by Gasteiger charge is -2.07. The third kappa shape index (κ3) is 2.40. The van der Waals surface area contributed by atoms with Gasteiger partial charge in [-0.2, -0.15) is 5.10 Å². The summed E-state index contributed by atoms with van der Waals surface area (Å²) in [5, 5.41) is 16.6. The molecule has 1 aliphatic heterocycles. The van der Waals surface area contributed by atoms with E-state index in [1.54, 1.807) is 30.5 Å². The molecule has 1 unspecified atom stereocenters. The van der Waals surface area contributed by atoms with Gasteiger partial charge in [0.1, 0.15) is 11.5 Å². The standard InChI is InChI=1S/C14H12N2O4/c1-8-4-13(16-15-7-8)19-10-3-2-9-5-12(14(17)18)20-11(9)6-10/h2-4,6-7,12H,5H2,1H3,(H,17,18). The minimum Gasteiger partial charge on any atom is -0.478 e. The van der Waals surface area contributed by atoms with Gasteiger partial charge in [0.15, 0.2) is 6.10 Å². The average molecular weight is 272 g/mol. The number of nitrogens with zero attached hydrogens (tertiary/aromatic N) is 2. The highest BCUT2D eigenvalue weighted by atomic mass is 16.5. The van der Waals surface area contributed by atoms with E-state index in [9.17, 15) is 4.79 Å². The number of rotatable bonds is 3. The molecule has 0 amide bonds. The lowest BCUT2D eigenvalue weighted by atomic mass is 10.1. The van der Waals surface area contributed by atoms with E-state index in [2.05, 4.69) is 10.2 Å². The van der Waals surface area contributed by atoms with Gasteiger partial charge < -0.3 is 14.6 Å². The first-order valence-electron chi connectivity index (χ1n) is 6.11. The molecule has 102 valence electrons. The van der Waals surface area contributed by atoms with Gasteiger partial charge in [-0.3, -0.25) is 0 Å². The van der Waals surface area contributed by atoms with E-state index >= 15 is 0 Å². The van der Waals surface area contributed by atoms with Crippen molar-refractivity contribution in [2.75, 3.05) is 0 Å². The largest absolute Gasteiger partial charge is 0.478 e. The van der Waals surface area contributed by atoms with Gasteiger partial charge in [0.25, 0.3) is 0 Å². The summed E-state index contributed by atoms with van der Waals surface area (Å²) >= 11 is 0. The Labute approximate surface area is 115 Å². The maximum atomic E-state index is 10.9. The zero-order chi connectivity index (χ0) is 14.1. The molecule has 0 fully saturated rings. The van der Waals surface area contributed by atoms with E-state index in [1.807, 2.05) is 6.92 Å². The number of hydrogen-bond acceptors (Lipinski definition) is 5. The molecule has 6 heteroatoms. The Balaban J connectivity index is 1.81. The number of benzene rings is 1. The Hall–Kier alpha value is -2.63. The molecule has 2 heterocycles. The number of carbonyl (C=O) groups is 1. The molecule has 0 spiro atoms. The molecular weight excluding hydrogens is 260 g/mol. The molecule has 0 saturated carbocycles. The van der Waals surface area contributed by atoms with Crippen LogP contribution in [0.2, 0.25) is 0 Å². The smallest absolute Gasteiger partial charge is 0.345 e. The Bertz CT molecular complexity index is 672. The zero-order valence-electron chi connectivity index (χ0n) is 10.7. The maximum absolute atomic E-state index is 10.9. The maximum Gasteiger partial charge on any atom is 0.345 e. The summed E-state index contributed by atoms with van der Waals surface area (Å²) in [4.78, 5) is 10.9. The molecule has 1 aromatic heterocycles. The van der Waals surface area contributed by atoms with Crippen molar-refractivity contribution in [2.45, 2.75) is 19.4 Å². The minimum atomic E-state index is -0.965. The van der Waals surface area contributed by atoms with E-state index in [0.717, 1.165) is 11.1 Å². The van der Waals surface area contributed by atoms with E-state index in [0.29, 0.717) is 23.8 Å². The molecular formula is C14H12N2O4. The normalized spacial score (nSPS) is 16.4. The van der Waals surface area contributed by atoms with Crippen molar-refractivity contribution in [1.29, 1.82) is 0 Å². The molecule has 2 aromatic rings. The van der Waals surface area contributed by atoms with Crippen LogP contribution in [0, 0.1) is 6.92 Å². The van der Waals surface area contributed by atoms with Crippen LogP contribution >= 0.6 is 0 Å². The van der Waals surface area contributed by atoms with Crippen molar-refractivity contribution in [1.82, 2.24) is 10.2 Å². The minimum absolute atomic E-state index is 0.370. The highest BCUT2D eigenvalue weighted by molar-refractivity contribution is 5.74. The molecule has 1 aromatic carbocycles. The van der Waals surface area contributed by atoms with Gasteiger partial charge in [-0.25, -0.2) is 4.79 Å². The molecule has 0 saturated heterocycles. The number of hydrogen-bond donors (Lipinski definition) is 1. The lowest BCUT2D eigenvalue weighted by Crippen LogP contribution is -2.24. The van der Waals surface area contributed by atoms with E-state index < -0.39 is 12.1 Å². The molecule has 6 nitrogen and oxygen atoms in total. The summed E-state index contributed by atoms with van der Waals surface area (Å²) < 4.78 is 10.9. The van der Waals surface area contributed by atoms with Crippen LogP contribution in [-0.4, -0.2) is 27.4 Å². The predicted molar refractivity (Wildman–Crippen MR) is 69.0 cm³/mol. The molecule has 0 bridgehead atoms. The van der Waals surface area contributed by atoms with Gasteiger partial charge in [0, 0.05) is 18.6 Å². The van der Waals surface area contributed by atoms with Gasteiger partial charge >= 0.3 is 5.97 Å². The van der Waals surface area contributed by atoms with E-state index in [-0.39, 0.29) is 0 Å². The van der Waals surface area contributed by atoms with Crippen LogP contribution in [0.1, 0.15) is 11.1 Å². The number of carboxylic acid groups (broad SMARTS) is 1. The molecule has 1 atom stereocenters. The van der Waals surface area contributed by atoms with E-state index in [1.165, 1.54) is 0 Å². The number of aryl methyl sites for hydroxylation is 1.